The number of hydrogen-bond acceptors (Lipinski definition) is 3. The van der Waals surface area contributed by atoms with Crippen molar-refractivity contribution < 1.29 is 8.95 Å². The zero-order valence-corrected chi connectivity index (χ0v) is 11.5. The van der Waals surface area contributed by atoms with Gasteiger partial charge in [0.2, 0.25) is 0 Å². The molecule has 3 nitrogen and oxygen atoms in total. The number of hydrogen-bond donors (Lipinski definition) is 1. The van der Waals surface area contributed by atoms with Crippen molar-refractivity contribution >= 4 is 10.8 Å². The average Bonchev–Trinajstić information content (AvgIpc) is 2.36. The van der Waals surface area contributed by atoms with Gasteiger partial charge in [-0.2, -0.15) is 0 Å². The molecule has 0 heterocycles. The van der Waals surface area contributed by atoms with Gasteiger partial charge in [-0.05, 0) is 19.0 Å². The number of ether oxygens (including phenoxy) is 1. The highest BCUT2D eigenvalue weighted by atomic mass is 32.2. The van der Waals surface area contributed by atoms with E-state index in [9.17, 15) is 4.21 Å². The first-order valence-corrected chi connectivity index (χ1v) is 7.61. The highest BCUT2D eigenvalue weighted by molar-refractivity contribution is 7.84. The molecule has 18 heavy (non-hydrogen) atoms. The Balaban J connectivity index is 2.37. The Kier molecular flexibility index (Phi) is 7.16. The summed E-state index contributed by atoms with van der Waals surface area (Å²) in [5.41, 5.74) is 1.09. The number of rotatable bonds is 8. The molecule has 1 N–H and O–H groups in total. The third kappa shape index (κ3) is 5.85. The molecule has 0 spiro atoms. The van der Waals surface area contributed by atoms with Crippen LogP contribution >= 0.6 is 0 Å². The molecule has 0 aliphatic heterocycles. The predicted octanol–water partition coefficient (Wildman–Crippen LogP) is 1.56. The first-order chi connectivity index (χ1) is 8.74. The Hall–Kier alpha value is -1.31. The van der Waals surface area contributed by atoms with Crippen LogP contribution in [0, 0.1) is 12.3 Å². The molecular weight excluding hydrogens is 246 g/mol. The summed E-state index contributed by atoms with van der Waals surface area (Å²) in [4.78, 5) is 0. The van der Waals surface area contributed by atoms with Gasteiger partial charge in [-0.25, -0.2) is 0 Å². The van der Waals surface area contributed by atoms with E-state index >= 15 is 0 Å². The second-order valence-corrected chi connectivity index (χ2v) is 5.46. The minimum Gasteiger partial charge on any atom is -0.481 e. The predicted molar refractivity (Wildman–Crippen MR) is 76.0 cm³/mol. The van der Waals surface area contributed by atoms with Crippen molar-refractivity contribution in [1.29, 1.82) is 0 Å². The molecule has 0 aromatic heterocycles. The van der Waals surface area contributed by atoms with Crippen LogP contribution < -0.4 is 10.1 Å². The van der Waals surface area contributed by atoms with Crippen LogP contribution in [0.4, 0.5) is 0 Å². The molecule has 0 saturated heterocycles. The van der Waals surface area contributed by atoms with E-state index in [0.717, 1.165) is 36.6 Å². The number of benzene rings is 1. The monoisotopic (exact) mass is 265 g/mol. The molecule has 1 aromatic carbocycles. The van der Waals surface area contributed by atoms with Crippen LogP contribution in [-0.2, 0) is 17.3 Å². The maximum atomic E-state index is 10.9. The third-order valence-electron chi connectivity index (χ3n) is 2.38. The number of para-hydroxylation sites is 1. The summed E-state index contributed by atoms with van der Waals surface area (Å²) >= 11 is 0. The van der Waals surface area contributed by atoms with Crippen molar-refractivity contribution in [2.24, 2.45) is 0 Å². The van der Waals surface area contributed by atoms with Gasteiger partial charge in [-0.15, -0.1) is 6.42 Å². The van der Waals surface area contributed by atoms with Crippen molar-refractivity contribution in [3.05, 3.63) is 29.8 Å². The van der Waals surface area contributed by atoms with Crippen LogP contribution in [0.5, 0.6) is 5.75 Å². The zero-order valence-electron chi connectivity index (χ0n) is 10.6. The summed E-state index contributed by atoms with van der Waals surface area (Å²) in [6.45, 7) is 1.87. The SMILES string of the molecule is C#CCOc1ccccc1CNCCCS(C)=O. The van der Waals surface area contributed by atoms with Gasteiger partial charge in [0, 0.05) is 34.9 Å². The van der Waals surface area contributed by atoms with E-state index in [4.69, 9.17) is 11.2 Å². The molecule has 0 saturated carbocycles. The molecule has 0 amide bonds. The number of nitrogens with one attached hydrogen (secondary N) is 1. The van der Waals surface area contributed by atoms with E-state index in [2.05, 4.69) is 11.2 Å². The Morgan fingerprint density at radius 2 is 2.22 bits per heavy atom. The molecule has 98 valence electrons. The minimum atomic E-state index is -0.709. The van der Waals surface area contributed by atoms with Gasteiger partial charge < -0.3 is 10.1 Å². The second-order valence-electron chi connectivity index (χ2n) is 3.91. The lowest BCUT2D eigenvalue weighted by Crippen LogP contribution is -2.17. The molecule has 0 aliphatic carbocycles. The summed E-state index contributed by atoms with van der Waals surface area (Å²) in [5.74, 6) is 4.02. The standard InChI is InChI=1S/C14H19NO2S/c1-3-10-17-14-8-5-4-7-13(14)12-15-9-6-11-18(2)16/h1,4-5,7-8,15H,6,9-12H2,2H3. The van der Waals surface area contributed by atoms with Crippen LogP contribution in [0.3, 0.4) is 0 Å². The summed E-state index contributed by atoms with van der Waals surface area (Å²) in [5, 5.41) is 3.31. The molecule has 1 rings (SSSR count). The average molecular weight is 265 g/mol. The van der Waals surface area contributed by atoms with Gasteiger partial charge in [0.05, 0.1) is 0 Å². The summed E-state index contributed by atoms with van der Waals surface area (Å²) in [7, 11) is -0.709. The van der Waals surface area contributed by atoms with Crippen LogP contribution in [0.15, 0.2) is 24.3 Å². The molecule has 0 aliphatic rings. The van der Waals surface area contributed by atoms with Gasteiger partial charge in [-0.1, -0.05) is 24.1 Å². The second kappa shape index (κ2) is 8.73. The van der Waals surface area contributed by atoms with Crippen molar-refractivity contribution in [3.63, 3.8) is 0 Å². The third-order valence-corrected chi connectivity index (χ3v) is 3.25. The fourth-order valence-corrected chi connectivity index (χ4v) is 2.08. The Bertz CT molecular complexity index is 426. The van der Waals surface area contributed by atoms with E-state index in [1.165, 1.54) is 0 Å². The molecule has 0 radical (unpaired) electrons. The quantitative estimate of drug-likeness (QED) is 0.572. The maximum Gasteiger partial charge on any atom is 0.148 e. The molecule has 1 atom stereocenters. The summed E-state index contributed by atoms with van der Waals surface area (Å²) < 4.78 is 16.4. The highest BCUT2D eigenvalue weighted by Gasteiger charge is 2.01. The van der Waals surface area contributed by atoms with E-state index in [1.54, 1.807) is 6.26 Å². The molecule has 4 heteroatoms. The smallest absolute Gasteiger partial charge is 0.148 e. The Labute approximate surface area is 111 Å². The summed E-state index contributed by atoms with van der Waals surface area (Å²) in [6.07, 6.45) is 7.81. The van der Waals surface area contributed by atoms with Gasteiger partial charge in [0.1, 0.15) is 12.4 Å². The molecule has 0 fully saturated rings. The van der Waals surface area contributed by atoms with Gasteiger partial charge in [-0.3, -0.25) is 4.21 Å². The minimum absolute atomic E-state index is 0.284. The lowest BCUT2D eigenvalue weighted by molar-refractivity contribution is 0.365. The topological polar surface area (TPSA) is 38.3 Å². The normalized spacial score (nSPS) is 11.8. The molecular formula is C14H19NO2S. The van der Waals surface area contributed by atoms with E-state index in [-0.39, 0.29) is 6.61 Å². The zero-order chi connectivity index (χ0) is 13.2. The largest absolute Gasteiger partial charge is 0.481 e. The van der Waals surface area contributed by atoms with Crippen molar-refractivity contribution in [2.45, 2.75) is 13.0 Å². The van der Waals surface area contributed by atoms with Crippen molar-refractivity contribution in [2.75, 3.05) is 25.2 Å². The first kappa shape index (κ1) is 14.7. The summed E-state index contributed by atoms with van der Waals surface area (Å²) in [6, 6.07) is 7.82. The highest BCUT2D eigenvalue weighted by Crippen LogP contribution is 2.17. The first-order valence-electron chi connectivity index (χ1n) is 5.89. The van der Waals surface area contributed by atoms with Crippen LogP contribution in [0.2, 0.25) is 0 Å². The molecule has 1 unspecified atom stereocenters. The number of terminal acetylenes is 1. The molecule has 0 bridgehead atoms. The van der Waals surface area contributed by atoms with Crippen LogP contribution in [0.25, 0.3) is 0 Å². The van der Waals surface area contributed by atoms with E-state index in [0.29, 0.717) is 0 Å². The van der Waals surface area contributed by atoms with E-state index < -0.39 is 10.8 Å². The maximum absolute atomic E-state index is 10.9. The van der Waals surface area contributed by atoms with Crippen molar-refractivity contribution in [1.82, 2.24) is 5.32 Å². The molecule has 1 aromatic rings. The van der Waals surface area contributed by atoms with Crippen molar-refractivity contribution in [3.8, 4) is 18.1 Å². The lowest BCUT2D eigenvalue weighted by Gasteiger charge is -2.10. The fraction of sp³-hybridized carbons (Fsp3) is 0.429. The van der Waals surface area contributed by atoms with Gasteiger partial charge in [0.25, 0.3) is 0 Å². The fourth-order valence-electron chi connectivity index (χ4n) is 1.53. The Morgan fingerprint density at radius 1 is 1.44 bits per heavy atom. The van der Waals surface area contributed by atoms with Crippen LogP contribution in [0.1, 0.15) is 12.0 Å². The van der Waals surface area contributed by atoms with Gasteiger partial charge >= 0.3 is 0 Å². The van der Waals surface area contributed by atoms with E-state index in [1.807, 2.05) is 24.3 Å². The Morgan fingerprint density at radius 3 is 2.94 bits per heavy atom. The van der Waals surface area contributed by atoms with Gasteiger partial charge in [0.15, 0.2) is 0 Å². The lowest BCUT2D eigenvalue weighted by atomic mass is 10.2. The van der Waals surface area contributed by atoms with Crippen LogP contribution in [-0.4, -0.2) is 29.4 Å².